The van der Waals surface area contributed by atoms with Crippen LogP contribution in [0.3, 0.4) is 0 Å². The molecule has 1 aromatic carbocycles. The predicted molar refractivity (Wildman–Crippen MR) is 67.7 cm³/mol. The van der Waals surface area contributed by atoms with Gasteiger partial charge in [0.2, 0.25) is 0 Å². The van der Waals surface area contributed by atoms with Gasteiger partial charge in [0.15, 0.2) is 0 Å². The molecule has 0 unspecified atom stereocenters. The summed E-state index contributed by atoms with van der Waals surface area (Å²) in [6.45, 7) is 4.68. The zero-order chi connectivity index (χ0) is 12.5. The highest BCUT2D eigenvalue weighted by atomic mass is 16.5. The Morgan fingerprint density at radius 3 is 2.65 bits per heavy atom. The van der Waals surface area contributed by atoms with E-state index in [2.05, 4.69) is 6.58 Å². The zero-order valence-electron chi connectivity index (χ0n) is 10.2. The van der Waals surface area contributed by atoms with Crippen molar-refractivity contribution < 1.29 is 14.6 Å². The van der Waals surface area contributed by atoms with Crippen LogP contribution in [0.15, 0.2) is 43.0 Å². The van der Waals surface area contributed by atoms with Crippen molar-refractivity contribution in [3.05, 3.63) is 48.6 Å². The van der Waals surface area contributed by atoms with Crippen LogP contribution < -0.4 is 0 Å². The molecule has 0 amide bonds. The van der Waals surface area contributed by atoms with Crippen molar-refractivity contribution in [2.24, 2.45) is 0 Å². The second-order valence-electron chi connectivity index (χ2n) is 3.83. The summed E-state index contributed by atoms with van der Waals surface area (Å²) in [5.74, 6) is 0. The summed E-state index contributed by atoms with van der Waals surface area (Å²) < 4.78 is 10.5. The number of benzene rings is 1. The summed E-state index contributed by atoms with van der Waals surface area (Å²) in [5, 5.41) is 9.73. The fraction of sp³-hybridized carbons (Fsp3) is 0.429. The summed E-state index contributed by atoms with van der Waals surface area (Å²) in [5.41, 5.74) is 1.13. The van der Waals surface area contributed by atoms with Gasteiger partial charge in [-0.15, -0.1) is 6.58 Å². The molecule has 1 rings (SSSR count). The first-order chi connectivity index (χ1) is 8.27. The molecule has 0 aromatic heterocycles. The number of hydrogen-bond acceptors (Lipinski definition) is 3. The average molecular weight is 236 g/mol. The fourth-order valence-corrected chi connectivity index (χ4v) is 1.54. The molecule has 0 heterocycles. The highest BCUT2D eigenvalue weighted by molar-refractivity contribution is 5.13. The number of hydrogen-bond donors (Lipinski definition) is 1. The van der Waals surface area contributed by atoms with Crippen LogP contribution in [0.25, 0.3) is 0 Å². The van der Waals surface area contributed by atoms with Crippen LogP contribution >= 0.6 is 0 Å². The van der Waals surface area contributed by atoms with Crippen molar-refractivity contribution >= 4 is 0 Å². The number of rotatable bonds is 8. The first-order valence-corrected chi connectivity index (χ1v) is 5.73. The Morgan fingerprint density at radius 2 is 2.06 bits per heavy atom. The van der Waals surface area contributed by atoms with Crippen molar-refractivity contribution in [2.45, 2.75) is 25.2 Å². The van der Waals surface area contributed by atoms with E-state index < -0.39 is 6.10 Å². The van der Waals surface area contributed by atoms with Crippen LogP contribution in [0, 0.1) is 0 Å². The second-order valence-corrected chi connectivity index (χ2v) is 3.83. The Labute approximate surface area is 103 Å². The number of methoxy groups -OCH3 is 1. The molecule has 0 spiro atoms. The Kier molecular flexibility index (Phi) is 6.55. The molecule has 0 bridgehead atoms. The molecule has 1 aromatic rings. The molecule has 17 heavy (non-hydrogen) atoms. The molecule has 1 N–H and O–H groups in total. The third-order valence-electron chi connectivity index (χ3n) is 2.55. The molecule has 3 heteroatoms. The third kappa shape index (κ3) is 5.13. The van der Waals surface area contributed by atoms with Gasteiger partial charge in [-0.05, 0) is 12.0 Å². The zero-order valence-corrected chi connectivity index (χ0v) is 10.2. The van der Waals surface area contributed by atoms with Crippen LogP contribution in [-0.2, 0) is 16.1 Å². The second kappa shape index (κ2) is 8.01. The molecule has 0 saturated carbocycles. The molecule has 0 aliphatic carbocycles. The van der Waals surface area contributed by atoms with E-state index in [1.165, 1.54) is 0 Å². The topological polar surface area (TPSA) is 38.7 Å². The summed E-state index contributed by atoms with van der Waals surface area (Å²) in [6, 6.07) is 9.95. The Hall–Kier alpha value is -1.16. The molecule has 0 fully saturated rings. The van der Waals surface area contributed by atoms with Gasteiger partial charge in [-0.2, -0.15) is 0 Å². The molecule has 0 aliphatic rings. The van der Waals surface area contributed by atoms with Gasteiger partial charge in [0.1, 0.15) is 6.10 Å². The van der Waals surface area contributed by atoms with Crippen molar-refractivity contribution in [3.63, 3.8) is 0 Å². The average Bonchev–Trinajstić information content (AvgIpc) is 2.37. The molecule has 0 saturated heterocycles. The van der Waals surface area contributed by atoms with E-state index in [1.54, 1.807) is 13.2 Å². The molecule has 94 valence electrons. The predicted octanol–water partition coefficient (Wildman–Crippen LogP) is 2.16. The van der Waals surface area contributed by atoms with Gasteiger partial charge in [-0.25, -0.2) is 0 Å². The van der Waals surface area contributed by atoms with Gasteiger partial charge < -0.3 is 14.6 Å². The maximum Gasteiger partial charge on any atom is 0.101 e. The van der Waals surface area contributed by atoms with Crippen LogP contribution in [0.2, 0.25) is 0 Å². The molecular weight excluding hydrogens is 216 g/mol. The number of aliphatic hydroxyl groups excluding tert-OH is 1. The molecule has 0 aliphatic heterocycles. The maximum absolute atomic E-state index is 9.73. The van der Waals surface area contributed by atoms with E-state index in [9.17, 15) is 5.11 Å². The largest absolute Gasteiger partial charge is 0.390 e. The van der Waals surface area contributed by atoms with Gasteiger partial charge in [0, 0.05) is 13.7 Å². The SMILES string of the molecule is C=C[C@H](OC)[C@@H](O)CCOCc1ccccc1. The highest BCUT2D eigenvalue weighted by Crippen LogP contribution is 2.06. The fourth-order valence-electron chi connectivity index (χ4n) is 1.54. The normalized spacial score (nSPS) is 14.2. The summed E-state index contributed by atoms with van der Waals surface area (Å²) in [6.07, 6.45) is 1.25. The van der Waals surface area contributed by atoms with E-state index in [0.29, 0.717) is 19.6 Å². The molecule has 3 nitrogen and oxygen atoms in total. The van der Waals surface area contributed by atoms with Gasteiger partial charge in [-0.1, -0.05) is 36.4 Å². The first-order valence-electron chi connectivity index (χ1n) is 5.73. The third-order valence-corrected chi connectivity index (χ3v) is 2.55. The summed E-state index contributed by atoms with van der Waals surface area (Å²) in [7, 11) is 1.56. The lowest BCUT2D eigenvalue weighted by atomic mass is 10.1. The van der Waals surface area contributed by atoms with Gasteiger partial charge in [-0.3, -0.25) is 0 Å². The van der Waals surface area contributed by atoms with E-state index in [-0.39, 0.29) is 6.10 Å². The lowest BCUT2D eigenvalue weighted by molar-refractivity contribution is -0.00637. The minimum absolute atomic E-state index is 0.324. The van der Waals surface area contributed by atoms with Crippen molar-refractivity contribution in [3.8, 4) is 0 Å². The summed E-state index contributed by atoms with van der Waals surface area (Å²) in [4.78, 5) is 0. The minimum Gasteiger partial charge on any atom is -0.390 e. The van der Waals surface area contributed by atoms with Crippen molar-refractivity contribution in [2.75, 3.05) is 13.7 Å². The molecule has 0 radical (unpaired) electrons. The van der Waals surface area contributed by atoms with E-state index in [4.69, 9.17) is 9.47 Å². The highest BCUT2D eigenvalue weighted by Gasteiger charge is 2.14. The Morgan fingerprint density at radius 1 is 1.35 bits per heavy atom. The Balaban J connectivity index is 2.18. The van der Waals surface area contributed by atoms with Crippen LogP contribution in [0.5, 0.6) is 0 Å². The first kappa shape index (κ1) is 13.9. The van der Waals surface area contributed by atoms with Gasteiger partial charge >= 0.3 is 0 Å². The smallest absolute Gasteiger partial charge is 0.101 e. The minimum atomic E-state index is -0.562. The van der Waals surface area contributed by atoms with Crippen LogP contribution in [0.4, 0.5) is 0 Å². The lowest BCUT2D eigenvalue weighted by Gasteiger charge is -2.17. The quantitative estimate of drug-likeness (QED) is 0.555. The molecular formula is C14H20O3. The molecule has 2 atom stereocenters. The van der Waals surface area contributed by atoms with Crippen molar-refractivity contribution in [1.82, 2.24) is 0 Å². The van der Waals surface area contributed by atoms with Gasteiger partial charge in [0.05, 0.1) is 12.7 Å². The van der Waals surface area contributed by atoms with Gasteiger partial charge in [0.25, 0.3) is 0 Å². The number of aliphatic hydroxyl groups is 1. The summed E-state index contributed by atoms with van der Waals surface area (Å²) >= 11 is 0. The maximum atomic E-state index is 9.73. The lowest BCUT2D eigenvalue weighted by Crippen LogP contribution is -2.27. The van der Waals surface area contributed by atoms with Crippen LogP contribution in [0.1, 0.15) is 12.0 Å². The van der Waals surface area contributed by atoms with Crippen LogP contribution in [-0.4, -0.2) is 31.0 Å². The van der Waals surface area contributed by atoms with Crippen molar-refractivity contribution in [1.29, 1.82) is 0 Å². The number of ether oxygens (including phenoxy) is 2. The monoisotopic (exact) mass is 236 g/mol. The standard InChI is InChI=1S/C14H20O3/c1-3-14(16-2)13(15)9-10-17-11-12-7-5-4-6-8-12/h3-8,13-15H,1,9-11H2,2H3/t13-,14-/m0/s1. The van der Waals surface area contributed by atoms with E-state index in [1.807, 2.05) is 30.3 Å². The van der Waals surface area contributed by atoms with E-state index in [0.717, 1.165) is 5.56 Å². The van der Waals surface area contributed by atoms with E-state index >= 15 is 0 Å². The Bertz CT molecular complexity index is 311.